The van der Waals surface area contributed by atoms with Crippen LogP contribution in [0.3, 0.4) is 0 Å². The molecular weight excluding hydrogens is 323 g/mol. The standard InChI is InChI=1S/C19H17FN2OS/c20-16-6-8-17(9-7-16)24-13-18(23)21-12-10-15-4-1-3-14-5-2-11-22-19(14)15/h1-9,11H,10,12-13H2,(H,21,23). The Morgan fingerprint density at radius 1 is 1.08 bits per heavy atom. The summed E-state index contributed by atoms with van der Waals surface area (Å²) in [4.78, 5) is 17.2. The first kappa shape index (κ1) is 16.5. The molecule has 1 N–H and O–H groups in total. The predicted octanol–water partition coefficient (Wildman–Crippen LogP) is 3.82. The SMILES string of the molecule is O=C(CSc1ccc(F)cc1)NCCc1cccc2cccnc12. The first-order valence-corrected chi connectivity index (χ1v) is 8.68. The minimum atomic E-state index is -0.271. The number of aromatic nitrogens is 1. The monoisotopic (exact) mass is 340 g/mol. The van der Waals surface area contributed by atoms with Crippen LogP contribution in [0.25, 0.3) is 10.9 Å². The second kappa shape index (κ2) is 7.93. The Morgan fingerprint density at radius 2 is 1.88 bits per heavy atom. The Balaban J connectivity index is 1.48. The van der Waals surface area contributed by atoms with Crippen molar-refractivity contribution in [1.29, 1.82) is 0 Å². The largest absolute Gasteiger partial charge is 0.355 e. The molecular formula is C19H17FN2OS. The van der Waals surface area contributed by atoms with Gasteiger partial charge in [-0.3, -0.25) is 9.78 Å². The Labute approximate surface area is 144 Å². The molecule has 24 heavy (non-hydrogen) atoms. The average Bonchev–Trinajstić information content (AvgIpc) is 2.61. The summed E-state index contributed by atoms with van der Waals surface area (Å²) in [6.07, 6.45) is 2.52. The number of rotatable bonds is 6. The van der Waals surface area contributed by atoms with Gasteiger partial charge in [0.1, 0.15) is 5.82 Å². The second-order valence-electron chi connectivity index (χ2n) is 5.33. The molecule has 0 aliphatic carbocycles. The zero-order valence-corrected chi connectivity index (χ0v) is 13.9. The van der Waals surface area contributed by atoms with Gasteiger partial charge in [-0.05, 0) is 42.3 Å². The minimum absolute atomic E-state index is 0.0301. The van der Waals surface area contributed by atoms with Crippen molar-refractivity contribution in [3.05, 3.63) is 72.2 Å². The highest BCUT2D eigenvalue weighted by molar-refractivity contribution is 8.00. The van der Waals surface area contributed by atoms with Crippen molar-refractivity contribution in [2.24, 2.45) is 0 Å². The molecule has 2 aromatic carbocycles. The molecule has 0 unspecified atom stereocenters. The van der Waals surface area contributed by atoms with Crippen molar-refractivity contribution in [2.75, 3.05) is 12.3 Å². The van der Waals surface area contributed by atoms with Crippen LogP contribution in [0.4, 0.5) is 4.39 Å². The van der Waals surface area contributed by atoms with E-state index in [0.29, 0.717) is 12.3 Å². The van der Waals surface area contributed by atoms with Crippen molar-refractivity contribution in [3.63, 3.8) is 0 Å². The number of pyridine rings is 1. The van der Waals surface area contributed by atoms with E-state index in [1.807, 2.05) is 30.3 Å². The van der Waals surface area contributed by atoms with Crippen molar-refractivity contribution < 1.29 is 9.18 Å². The zero-order valence-electron chi connectivity index (χ0n) is 13.0. The molecule has 0 fully saturated rings. The molecule has 0 saturated heterocycles. The van der Waals surface area contributed by atoms with Gasteiger partial charge >= 0.3 is 0 Å². The Morgan fingerprint density at radius 3 is 2.71 bits per heavy atom. The summed E-state index contributed by atoms with van der Waals surface area (Å²) in [6, 6.07) is 16.2. The van der Waals surface area contributed by atoms with Crippen LogP contribution in [0.1, 0.15) is 5.56 Å². The Kier molecular flexibility index (Phi) is 5.43. The topological polar surface area (TPSA) is 42.0 Å². The third-order valence-electron chi connectivity index (χ3n) is 3.62. The van der Waals surface area contributed by atoms with E-state index < -0.39 is 0 Å². The molecule has 0 spiro atoms. The fourth-order valence-electron chi connectivity index (χ4n) is 2.44. The van der Waals surface area contributed by atoms with E-state index in [1.165, 1.54) is 23.9 Å². The quantitative estimate of drug-likeness (QED) is 0.694. The van der Waals surface area contributed by atoms with Crippen LogP contribution >= 0.6 is 11.8 Å². The number of carbonyl (C=O) groups excluding carboxylic acids is 1. The predicted molar refractivity (Wildman–Crippen MR) is 95.6 cm³/mol. The van der Waals surface area contributed by atoms with Crippen molar-refractivity contribution in [2.45, 2.75) is 11.3 Å². The third kappa shape index (κ3) is 4.32. The molecule has 122 valence electrons. The number of fused-ring (bicyclic) bond motifs is 1. The minimum Gasteiger partial charge on any atom is -0.355 e. The highest BCUT2D eigenvalue weighted by Crippen LogP contribution is 2.18. The van der Waals surface area contributed by atoms with Gasteiger partial charge in [0.05, 0.1) is 11.3 Å². The molecule has 0 aliphatic rings. The van der Waals surface area contributed by atoms with E-state index in [9.17, 15) is 9.18 Å². The van der Waals surface area contributed by atoms with Gasteiger partial charge in [-0.15, -0.1) is 11.8 Å². The number of amides is 1. The molecule has 3 rings (SSSR count). The zero-order chi connectivity index (χ0) is 16.8. The lowest BCUT2D eigenvalue weighted by atomic mass is 10.1. The number of carbonyl (C=O) groups is 1. The number of halogens is 1. The molecule has 1 heterocycles. The van der Waals surface area contributed by atoms with E-state index >= 15 is 0 Å². The molecule has 3 nitrogen and oxygen atoms in total. The maximum atomic E-state index is 12.8. The van der Waals surface area contributed by atoms with Crippen LogP contribution in [0.5, 0.6) is 0 Å². The Bertz CT molecular complexity index is 831. The van der Waals surface area contributed by atoms with E-state index in [-0.39, 0.29) is 11.7 Å². The molecule has 0 bridgehead atoms. The number of nitrogens with one attached hydrogen (secondary N) is 1. The maximum Gasteiger partial charge on any atom is 0.230 e. The van der Waals surface area contributed by atoms with Crippen LogP contribution in [0.15, 0.2) is 65.7 Å². The van der Waals surface area contributed by atoms with Crippen LogP contribution in [-0.2, 0) is 11.2 Å². The summed E-state index contributed by atoms with van der Waals surface area (Å²) in [7, 11) is 0. The van der Waals surface area contributed by atoms with Gasteiger partial charge in [0.15, 0.2) is 0 Å². The molecule has 0 atom stereocenters. The summed E-state index contributed by atoms with van der Waals surface area (Å²) in [6.45, 7) is 0.568. The van der Waals surface area contributed by atoms with Crippen LogP contribution in [0.2, 0.25) is 0 Å². The van der Waals surface area contributed by atoms with E-state index in [0.717, 1.165) is 27.8 Å². The van der Waals surface area contributed by atoms with Crippen molar-refractivity contribution in [3.8, 4) is 0 Å². The van der Waals surface area contributed by atoms with Gasteiger partial charge in [-0.25, -0.2) is 4.39 Å². The van der Waals surface area contributed by atoms with E-state index in [1.54, 1.807) is 18.3 Å². The normalized spacial score (nSPS) is 10.7. The number of para-hydroxylation sites is 1. The van der Waals surface area contributed by atoms with Crippen LogP contribution in [-0.4, -0.2) is 23.2 Å². The van der Waals surface area contributed by atoms with Gasteiger partial charge in [-0.2, -0.15) is 0 Å². The summed E-state index contributed by atoms with van der Waals surface area (Å²) < 4.78 is 12.8. The smallest absolute Gasteiger partial charge is 0.230 e. The van der Waals surface area contributed by atoms with Gasteiger partial charge < -0.3 is 5.32 Å². The molecule has 0 saturated carbocycles. The summed E-state index contributed by atoms with van der Waals surface area (Å²) in [5.41, 5.74) is 2.11. The van der Waals surface area contributed by atoms with Crippen LogP contribution in [0, 0.1) is 5.82 Å². The van der Waals surface area contributed by atoms with Gasteiger partial charge in [0.25, 0.3) is 0 Å². The van der Waals surface area contributed by atoms with Crippen LogP contribution < -0.4 is 5.32 Å². The number of benzene rings is 2. The lowest BCUT2D eigenvalue weighted by Crippen LogP contribution is -2.27. The van der Waals surface area contributed by atoms with E-state index in [4.69, 9.17) is 0 Å². The summed E-state index contributed by atoms with van der Waals surface area (Å²) in [5, 5.41) is 4.02. The third-order valence-corrected chi connectivity index (χ3v) is 4.63. The van der Waals surface area contributed by atoms with E-state index in [2.05, 4.69) is 10.3 Å². The molecule has 5 heteroatoms. The fourth-order valence-corrected chi connectivity index (χ4v) is 3.16. The molecule has 0 aliphatic heterocycles. The number of hydrogen-bond acceptors (Lipinski definition) is 3. The highest BCUT2D eigenvalue weighted by Gasteiger charge is 2.05. The highest BCUT2D eigenvalue weighted by atomic mass is 32.2. The fraction of sp³-hybridized carbons (Fsp3) is 0.158. The number of hydrogen-bond donors (Lipinski definition) is 1. The lowest BCUT2D eigenvalue weighted by Gasteiger charge is -2.07. The van der Waals surface area contributed by atoms with Gasteiger partial charge in [-0.1, -0.05) is 24.3 Å². The van der Waals surface area contributed by atoms with Crippen molar-refractivity contribution >= 4 is 28.6 Å². The van der Waals surface area contributed by atoms with Gasteiger partial charge in [0.2, 0.25) is 5.91 Å². The maximum absolute atomic E-state index is 12.8. The first-order chi connectivity index (χ1) is 11.7. The molecule has 1 amide bonds. The average molecular weight is 340 g/mol. The van der Waals surface area contributed by atoms with Gasteiger partial charge in [0, 0.05) is 23.0 Å². The Hall–Kier alpha value is -2.40. The molecule has 3 aromatic rings. The molecule has 1 aromatic heterocycles. The second-order valence-corrected chi connectivity index (χ2v) is 6.38. The van der Waals surface area contributed by atoms with Crippen molar-refractivity contribution in [1.82, 2.24) is 10.3 Å². The molecule has 0 radical (unpaired) electrons. The number of nitrogens with zero attached hydrogens (tertiary/aromatic N) is 1. The summed E-state index contributed by atoms with van der Waals surface area (Å²) >= 11 is 1.39. The first-order valence-electron chi connectivity index (χ1n) is 7.70. The lowest BCUT2D eigenvalue weighted by molar-refractivity contribution is -0.118. The summed E-state index contributed by atoms with van der Waals surface area (Å²) in [5.74, 6) is 0.0180. The number of thioether (sulfide) groups is 1.